The molecule has 5 nitrogen and oxygen atoms in total. The van der Waals surface area contributed by atoms with Crippen LogP contribution in [0.4, 0.5) is 5.82 Å². The van der Waals surface area contributed by atoms with E-state index < -0.39 is 10.0 Å². The van der Waals surface area contributed by atoms with E-state index in [2.05, 4.69) is 9.82 Å². The summed E-state index contributed by atoms with van der Waals surface area (Å²) in [4.78, 5) is 0. The average molecular weight is 300 g/mol. The molecule has 0 aliphatic heterocycles. The zero-order valence-electron chi connectivity index (χ0n) is 10.4. The molecule has 0 saturated heterocycles. The van der Waals surface area contributed by atoms with Crippen LogP contribution in [0, 0.1) is 0 Å². The maximum absolute atomic E-state index is 11.4. The third-order valence-electron chi connectivity index (χ3n) is 2.54. The summed E-state index contributed by atoms with van der Waals surface area (Å²) in [6, 6.07) is 9.05. The molecular formula is C12H14ClN3O2S. The number of sulfonamides is 1. The minimum Gasteiger partial charge on any atom is -0.266 e. The molecular weight excluding hydrogens is 286 g/mol. The minimum atomic E-state index is -3.28. The van der Waals surface area contributed by atoms with Crippen molar-refractivity contribution in [3.8, 4) is 0 Å². The lowest BCUT2D eigenvalue weighted by Crippen LogP contribution is -2.15. The van der Waals surface area contributed by atoms with Crippen LogP contribution in [0.5, 0.6) is 0 Å². The first-order valence-electron chi connectivity index (χ1n) is 5.77. The van der Waals surface area contributed by atoms with Gasteiger partial charge in [0.15, 0.2) is 5.82 Å². The first-order valence-corrected chi connectivity index (χ1v) is 7.80. The van der Waals surface area contributed by atoms with Gasteiger partial charge in [0.2, 0.25) is 10.0 Å². The monoisotopic (exact) mass is 299 g/mol. The highest BCUT2D eigenvalue weighted by Crippen LogP contribution is 2.12. The number of hydrogen-bond donors (Lipinski definition) is 1. The molecule has 0 aliphatic carbocycles. The number of hydrogen-bond acceptors (Lipinski definition) is 3. The summed E-state index contributed by atoms with van der Waals surface area (Å²) in [6.07, 6.45) is 1.72. The Labute approximate surface area is 117 Å². The van der Waals surface area contributed by atoms with Crippen molar-refractivity contribution >= 4 is 27.4 Å². The highest BCUT2D eigenvalue weighted by molar-refractivity contribution is 7.92. The van der Waals surface area contributed by atoms with Crippen molar-refractivity contribution in [2.45, 2.75) is 13.5 Å². The van der Waals surface area contributed by atoms with Crippen molar-refractivity contribution in [3.63, 3.8) is 0 Å². The number of rotatable bonds is 5. The van der Waals surface area contributed by atoms with Crippen LogP contribution in [-0.4, -0.2) is 24.0 Å². The molecule has 0 saturated carbocycles. The van der Waals surface area contributed by atoms with Crippen LogP contribution in [0.2, 0.25) is 5.02 Å². The second kappa shape index (κ2) is 5.63. The van der Waals surface area contributed by atoms with Gasteiger partial charge in [-0.05, 0) is 24.6 Å². The molecule has 1 aromatic carbocycles. The van der Waals surface area contributed by atoms with Gasteiger partial charge < -0.3 is 0 Å². The van der Waals surface area contributed by atoms with E-state index in [9.17, 15) is 8.42 Å². The van der Waals surface area contributed by atoms with Gasteiger partial charge in [0.25, 0.3) is 0 Å². The fourth-order valence-electron chi connectivity index (χ4n) is 1.51. The Kier molecular flexibility index (Phi) is 4.11. The Morgan fingerprint density at radius 2 is 1.95 bits per heavy atom. The Morgan fingerprint density at radius 1 is 1.26 bits per heavy atom. The molecule has 2 aromatic rings. The fraction of sp³-hybridized carbons (Fsp3) is 0.250. The van der Waals surface area contributed by atoms with E-state index in [1.54, 1.807) is 36.0 Å². The SMILES string of the molecule is CCS(=O)(=O)Nc1ccn(Cc2ccc(Cl)cc2)n1. The lowest BCUT2D eigenvalue weighted by molar-refractivity contribution is 0.602. The summed E-state index contributed by atoms with van der Waals surface area (Å²) in [5.41, 5.74) is 1.04. The quantitative estimate of drug-likeness (QED) is 0.921. The average Bonchev–Trinajstić information content (AvgIpc) is 2.79. The Bertz CT molecular complexity index is 650. The van der Waals surface area contributed by atoms with Crippen LogP contribution in [0.25, 0.3) is 0 Å². The fourth-order valence-corrected chi connectivity index (χ4v) is 2.21. The van der Waals surface area contributed by atoms with E-state index in [-0.39, 0.29) is 5.75 Å². The number of halogens is 1. The number of aromatic nitrogens is 2. The van der Waals surface area contributed by atoms with Crippen molar-refractivity contribution in [2.75, 3.05) is 10.5 Å². The Hall–Kier alpha value is -1.53. The van der Waals surface area contributed by atoms with Crippen molar-refractivity contribution in [1.29, 1.82) is 0 Å². The number of benzene rings is 1. The molecule has 0 radical (unpaired) electrons. The number of anilines is 1. The van der Waals surface area contributed by atoms with Crippen LogP contribution in [0.15, 0.2) is 36.5 Å². The van der Waals surface area contributed by atoms with Crippen molar-refractivity contribution < 1.29 is 8.42 Å². The maximum atomic E-state index is 11.4. The molecule has 0 amide bonds. The van der Waals surface area contributed by atoms with E-state index in [0.717, 1.165) is 5.56 Å². The zero-order chi connectivity index (χ0) is 13.9. The van der Waals surface area contributed by atoms with Gasteiger partial charge in [-0.3, -0.25) is 9.40 Å². The highest BCUT2D eigenvalue weighted by Gasteiger charge is 2.08. The largest absolute Gasteiger partial charge is 0.266 e. The van der Waals surface area contributed by atoms with E-state index in [0.29, 0.717) is 17.4 Å². The standard InChI is InChI=1S/C12H14ClN3O2S/c1-2-19(17,18)15-12-7-8-16(14-12)9-10-3-5-11(13)6-4-10/h3-8H,2,9H2,1H3,(H,14,15). The molecule has 19 heavy (non-hydrogen) atoms. The van der Waals surface area contributed by atoms with Crippen LogP contribution < -0.4 is 4.72 Å². The summed E-state index contributed by atoms with van der Waals surface area (Å²) < 4.78 is 26.9. The highest BCUT2D eigenvalue weighted by atomic mass is 35.5. The summed E-state index contributed by atoms with van der Waals surface area (Å²) in [7, 11) is -3.28. The van der Waals surface area contributed by atoms with Crippen LogP contribution in [0.3, 0.4) is 0 Å². The molecule has 0 atom stereocenters. The number of nitrogens with zero attached hydrogens (tertiary/aromatic N) is 2. The molecule has 7 heteroatoms. The predicted octanol–water partition coefficient (Wildman–Crippen LogP) is 2.35. The van der Waals surface area contributed by atoms with Gasteiger partial charge in [0.05, 0.1) is 12.3 Å². The van der Waals surface area contributed by atoms with Gasteiger partial charge in [0.1, 0.15) is 0 Å². The first-order chi connectivity index (χ1) is 8.98. The molecule has 1 N–H and O–H groups in total. The lowest BCUT2D eigenvalue weighted by Gasteiger charge is -2.03. The predicted molar refractivity (Wildman–Crippen MR) is 75.9 cm³/mol. The normalized spacial score (nSPS) is 11.5. The van der Waals surface area contributed by atoms with Gasteiger partial charge in [-0.15, -0.1) is 0 Å². The summed E-state index contributed by atoms with van der Waals surface area (Å²) in [6.45, 7) is 2.14. The second-order valence-electron chi connectivity index (χ2n) is 4.03. The van der Waals surface area contributed by atoms with Crippen molar-refractivity contribution in [2.24, 2.45) is 0 Å². The summed E-state index contributed by atoms with van der Waals surface area (Å²) >= 11 is 5.81. The Morgan fingerprint density at radius 3 is 2.58 bits per heavy atom. The van der Waals surface area contributed by atoms with E-state index in [4.69, 9.17) is 11.6 Å². The van der Waals surface area contributed by atoms with Crippen LogP contribution in [0.1, 0.15) is 12.5 Å². The molecule has 0 aliphatic rings. The third kappa shape index (κ3) is 3.97. The third-order valence-corrected chi connectivity index (χ3v) is 4.07. The zero-order valence-corrected chi connectivity index (χ0v) is 11.9. The second-order valence-corrected chi connectivity index (χ2v) is 6.48. The van der Waals surface area contributed by atoms with Gasteiger partial charge in [-0.2, -0.15) is 5.10 Å². The molecule has 1 heterocycles. The molecule has 0 fully saturated rings. The van der Waals surface area contributed by atoms with E-state index >= 15 is 0 Å². The van der Waals surface area contributed by atoms with Crippen LogP contribution in [-0.2, 0) is 16.6 Å². The van der Waals surface area contributed by atoms with Gasteiger partial charge in [-0.25, -0.2) is 8.42 Å². The molecule has 102 valence electrons. The van der Waals surface area contributed by atoms with Crippen molar-refractivity contribution in [3.05, 3.63) is 47.1 Å². The van der Waals surface area contributed by atoms with Crippen LogP contribution >= 0.6 is 11.6 Å². The lowest BCUT2D eigenvalue weighted by atomic mass is 10.2. The number of nitrogens with one attached hydrogen (secondary N) is 1. The summed E-state index contributed by atoms with van der Waals surface area (Å²) in [5, 5.41) is 4.84. The maximum Gasteiger partial charge on any atom is 0.233 e. The molecule has 2 rings (SSSR count). The van der Waals surface area contributed by atoms with Gasteiger partial charge in [0, 0.05) is 17.3 Å². The minimum absolute atomic E-state index is 0.0248. The molecule has 0 spiro atoms. The molecule has 0 bridgehead atoms. The van der Waals surface area contributed by atoms with Gasteiger partial charge >= 0.3 is 0 Å². The van der Waals surface area contributed by atoms with Crippen molar-refractivity contribution in [1.82, 2.24) is 9.78 Å². The Balaban J connectivity index is 2.07. The smallest absolute Gasteiger partial charge is 0.233 e. The topological polar surface area (TPSA) is 64.0 Å². The van der Waals surface area contributed by atoms with Gasteiger partial charge in [-0.1, -0.05) is 23.7 Å². The first kappa shape index (κ1) is 13.9. The van der Waals surface area contributed by atoms with E-state index in [1.807, 2.05) is 12.1 Å². The summed E-state index contributed by atoms with van der Waals surface area (Å²) in [5.74, 6) is 0.354. The molecule has 0 unspecified atom stereocenters. The molecule has 1 aromatic heterocycles. The van der Waals surface area contributed by atoms with E-state index in [1.165, 1.54) is 0 Å².